The molecule has 2 rings (SSSR count). The van der Waals surface area contributed by atoms with E-state index in [4.69, 9.17) is 0 Å². The van der Waals surface area contributed by atoms with Gasteiger partial charge in [0.05, 0.1) is 5.52 Å². The molecule has 1 nitrogen and oxygen atoms in total. The van der Waals surface area contributed by atoms with Gasteiger partial charge in [-0.25, -0.2) is 0 Å². The molecule has 0 atom stereocenters. The van der Waals surface area contributed by atoms with Gasteiger partial charge in [-0.1, -0.05) is 12.1 Å². The van der Waals surface area contributed by atoms with E-state index in [9.17, 15) is 0 Å². The topological polar surface area (TPSA) is 15.8 Å². The first-order valence-electron chi connectivity index (χ1n) is 2.82. The number of aromatic nitrogens is 1. The number of benzene rings is 1. The zero-order valence-corrected chi connectivity index (χ0v) is 4.81. The third-order valence-electron chi connectivity index (χ3n) is 1.30. The third kappa shape index (κ3) is 0.617. The number of H-pyrrole nitrogens is 1. The van der Waals surface area contributed by atoms with Crippen LogP contribution in [0.15, 0.2) is 24.4 Å². The second kappa shape index (κ2) is 1.62. The van der Waals surface area contributed by atoms with Crippen molar-refractivity contribution in [1.82, 2.24) is 4.98 Å². The molecule has 0 aliphatic heterocycles. The zero-order valence-electron chi connectivity index (χ0n) is 4.81. The molecule has 1 heteroatoms. The van der Waals surface area contributed by atoms with Crippen molar-refractivity contribution in [1.29, 1.82) is 0 Å². The van der Waals surface area contributed by atoms with E-state index in [2.05, 4.69) is 17.1 Å². The highest BCUT2D eigenvalue weighted by molar-refractivity contribution is 5.77. The molecule has 2 radical (unpaired) electrons. The summed E-state index contributed by atoms with van der Waals surface area (Å²) in [5.41, 5.74) is 1.03. The largest absolute Gasteiger partial charge is 0.361 e. The molecule has 1 N–H and O–H groups in total. The van der Waals surface area contributed by atoms with E-state index >= 15 is 0 Å². The standard InChI is InChI=1S/C8H5N/c1-2-4-8-7(3-1)5-6-9-8/h1-2,5-6,9H. The fourth-order valence-electron chi connectivity index (χ4n) is 0.866. The van der Waals surface area contributed by atoms with Crippen molar-refractivity contribution in [3.63, 3.8) is 0 Å². The number of nitrogens with one attached hydrogen (secondary N) is 1. The normalized spacial score (nSPS) is 10.2. The Morgan fingerprint density at radius 2 is 2.11 bits per heavy atom. The van der Waals surface area contributed by atoms with Crippen molar-refractivity contribution in [3.05, 3.63) is 36.5 Å². The fourth-order valence-corrected chi connectivity index (χ4v) is 0.866. The molecule has 0 unspecified atom stereocenters. The highest BCUT2D eigenvalue weighted by atomic mass is 14.6. The summed E-state index contributed by atoms with van der Waals surface area (Å²) in [4.78, 5) is 3.03. The molecule has 0 saturated carbocycles. The predicted octanol–water partition coefficient (Wildman–Crippen LogP) is 1.77. The van der Waals surface area contributed by atoms with Gasteiger partial charge in [-0.05, 0) is 12.1 Å². The van der Waals surface area contributed by atoms with Gasteiger partial charge in [0.1, 0.15) is 0 Å². The van der Waals surface area contributed by atoms with Crippen molar-refractivity contribution in [2.75, 3.05) is 0 Å². The van der Waals surface area contributed by atoms with Crippen molar-refractivity contribution in [3.8, 4) is 0 Å². The molecule has 0 spiro atoms. The van der Waals surface area contributed by atoms with Crippen molar-refractivity contribution in [2.45, 2.75) is 0 Å². The van der Waals surface area contributed by atoms with Gasteiger partial charge in [-0.3, -0.25) is 0 Å². The van der Waals surface area contributed by atoms with Crippen LogP contribution < -0.4 is 0 Å². The minimum Gasteiger partial charge on any atom is -0.361 e. The minimum absolute atomic E-state index is 1.03. The van der Waals surface area contributed by atoms with Crippen LogP contribution in [-0.2, 0) is 0 Å². The van der Waals surface area contributed by atoms with E-state index in [0.29, 0.717) is 0 Å². The Balaban J connectivity index is 2.95. The maximum atomic E-state index is 3.07. The average Bonchev–Trinajstić information content (AvgIpc) is 2.33. The molecule has 0 saturated heterocycles. The predicted molar refractivity (Wildman–Crippen MR) is 36.0 cm³/mol. The zero-order chi connectivity index (χ0) is 6.10. The molecule has 42 valence electrons. The molecule has 0 aliphatic rings. The molecule has 2 aromatic rings. The van der Waals surface area contributed by atoms with Gasteiger partial charge < -0.3 is 4.98 Å². The minimum atomic E-state index is 1.03. The molecule has 0 fully saturated rings. The lowest BCUT2D eigenvalue weighted by Gasteiger charge is -1.81. The SMILES string of the molecule is [c]1cc[c]c2[nH]ccc12. The Morgan fingerprint density at radius 3 is 3.00 bits per heavy atom. The van der Waals surface area contributed by atoms with Crippen LogP contribution in [0.1, 0.15) is 0 Å². The highest BCUT2D eigenvalue weighted by Crippen LogP contribution is 2.07. The van der Waals surface area contributed by atoms with Crippen LogP contribution in [0.4, 0.5) is 0 Å². The first kappa shape index (κ1) is 4.62. The number of fused-ring (bicyclic) bond motifs is 1. The molecular formula is C8H5N. The lowest BCUT2D eigenvalue weighted by Crippen LogP contribution is -1.63. The van der Waals surface area contributed by atoms with Crippen LogP contribution in [0.3, 0.4) is 0 Å². The number of rotatable bonds is 0. The molecule has 9 heavy (non-hydrogen) atoms. The van der Waals surface area contributed by atoms with Crippen LogP contribution >= 0.6 is 0 Å². The summed E-state index contributed by atoms with van der Waals surface area (Å²) < 4.78 is 0. The quantitative estimate of drug-likeness (QED) is 0.538. The Bertz CT molecular complexity index is 279. The van der Waals surface area contributed by atoms with Crippen LogP contribution in [0.25, 0.3) is 10.9 Å². The van der Waals surface area contributed by atoms with Gasteiger partial charge >= 0.3 is 0 Å². The van der Waals surface area contributed by atoms with Gasteiger partial charge in [0.25, 0.3) is 0 Å². The number of aromatic amines is 1. The lowest BCUT2D eigenvalue weighted by atomic mass is 10.3. The molecule has 1 aromatic heterocycles. The van der Waals surface area contributed by atoms with E-state index in [1.165, 1.54) is 0 Å². The maximum Gasteiger partial charge on any atom is 0.0540 e. The van der Waals surface area contributed by atoms with Gasteiger partial charge in [-0.2, -0.15) is 0 Å². The van der Waals surface area contributed by atoms with Crippen molar-refractivity contribution in [2.24, 2.45) is 0 Å². The van der Waals surface area contributed by atoms with E-state index in [-0.39, 0.29) is 0 Å². The van der Waals surface area contributed by atoms with E-state index < -0.39 is 0 Å². The average molecular weight is 115 g/mol. The van der Waals surface area contributed by atoms with Gasteiger partial charge in [0, 0.05) is 17.6 Å². The molecule has 0 aliphatic carbocycles. The Labute approximate surface area is 53.3 Å². The van der Waals surface area contributed by atoms with E-state index in [1.807, 2.05) is 24.4 Å². The molecule has 1 aromatic carbocycles. The first-order chi connectivity index (χ1) is 4.47. The lowest BCUT2D eigenvalue weighted by molar-refractivity contribution is 1.47. The second-order valence-electron chi connectivity index (χ2n) is 1.89. The maximum absolute atomic E-state index is 3.07. The highest BCUT2D eigenvalue weighted by Gasteiger charge is 1.88. The first-order valence-corrected chi connectivity index (χ1v) is 2.82. The summed E-state index contributed by atoms with van der Waals surface area (Å²) in [6.45, 7) is 0. The summed E-state index contributed by atoms with van der Waals surface area (Å²) in [7, 11) is 0. The Hall–Kier alpha value is -1.24. The molecule has 0 amide bonds. The second-order valence-corrected chi connectivity index (χ2v) is 1.89. The molecular weight excluding hydrogens is 110 g/mol. The van der Waals surface area contributed by atoms with Crippen molar-refractivity contribution < 1.29 is 0 Å². The van der Waals surface area contributed by atoms with Crippen LogP contribution in [0.5, 0.6) is 0 Å². The summed E-state index contributed by atoms with van der Waals surface area (Å²) >= 11 is 0. The Morgan fingerprint density at radius 1 is 1.22 bits per heavy atom. The monoisotopic (exact) mass is 115 g/mol. The van der Waals surface area contributed by atoms with Gasteiger partial charge in [0.15, 0.2) is 0 Å². The summed E-state index contributed by atoms with van der Waals surface area (Å²) in [5.74, 6) is 0. The third-order valence-corrected chi connectivity index (χ3v) is 1.30. The molecule has 1 heterocycles. The van der Waals surface area contributed by atoms with Gasteiger partial charge in [-0.15, -0.1) is 0 Å². The fraction of sp³-hybridized carbons (Fsp3) is 0. The van der Waals surface area contributed by atoms with Crippen molar-refractivity contribution >= 4 is 10.9 Å². The van der Waals surface area contributed by atoms with E-state index in [1.54, 1.807) is 0 Å². The number of hydrogen-bond acceptors (Lipinski definition) is 0. The van der Waals surface area contributed by atoms with Crippen LogP contribution in [0.2, 0.25) is 0 Å². The van der Waals surface area contributed by atoms with E-state index in [0.717, 1.165) is 10.9 Å². The smallest absolute Gasteiger partial charge is 0.0540 e. The van der Waals surface area contributed by atoms with Crippen LogP contribution in [-0.4, -0.2) is 4.98 Å². The van der Waals surface area contributed by atoms with Crippen LogP contribution in [0, 0.1) is 12.1 Å². The van der Waals surface area contributed by atoms with Gasteiger partial charge in [0.2, 0.25) is 0 Å². The summed E-state index contributed by atoms with van der Waals surface area (Å²) in [5, 5.41) is 1.09. The summed E-state index contributed by atoms with van der Waals surface area (Å²) in [6, 6.07) is 11.8. The Kier molecular flexibility index (Phi) is 0.833. The summed E-state index contributed by atoms with van der Waals surface area (Å²) in [6.07, 6.45) is 1.89. The molecule has 0 bridgehead atoms. The number of hydrogen-bond donors (Lipinski definition) is 1.